The van der Waals surface area contributed by atoms with Gasteiger partial charge >= 0.3 is 6.09 Å². The molecule has 0 fully saturated rings. The fourth-order valence-electron chi connectivity index (χ4n) is 1.72. The van der Waals surface area contributed by atoms with E-state index in [0.717, 1.165) is 6.07 Å². The van der Waals surface area contributed by atoms with Gasteiger partial charge in [-0.15, -0.1) is 0 Å². The molecule has 1 aliphatic rings. The molecule has 9 nitrogen and oxygen atoms in total. The lowest BCUT2D eigenvalue weighted by Crippen LogP contribution is -2.24. The van der Waals surface area contributed by atoms with Crippen LogP contribution in [-0.4, -0.2) is 35.2 Å². The van der Waals surface area contributed by atoms with Crippen LogP contribution in [0, 0.1) is 10.1 Å². The number of rotatable bonds is 5. The van der Waals surface area contributed by atoms with Crippen LogP contribution in [0.2, 0.25) is 0 Å². The second-order valence-corrected chi connectivity index (χ2v) is 3.88. The maximum absolute atomic E-state index is 11.9. The number of nitro groups is 1. The number of benzene rings is 1. The van der Waals surface area contributed by atoms with Gasteiger partial charge in [0, 0.05) is 19.0 Å². The third-order valence-corrected chi connectivity index (χ3v) is 2.62. The summed E-state index contributed by atoms with van der Waals surface area (Å²) in [6, 6.07) is 2.36. The maximum atomic E-state index is 11.9. The number of nitrogens with one attached hydrogen (secondary N) is 1. The number of amides is 1. The minimum Gasteiger partial charge on any atom is -0.465 e. The highest BCUT2D eigenvalue weighted by Crippen LogP contribution is 2.38. The van der Waals surface area contributed by atoms with Crippen LogP contribution in [0.3, 0.4) is 0 Å². The Morgan fingerprint density at radius 3 is 2.60 bits per heavy atom. The summed E-state index contributed by atoms with van der Waals surface area (Å²) in [5.41, 5.74) is -0.527. The van der Waals surface area contributed by atoms with Gasteiger partial charge in [-0.1, -0.05) is 0 Å². The SMILES string of the molecule is O=C(O)NCCC(=O)c1cc2c(cc1[N+](=O)[O-])OCO2. The molecule has 0 saturated carbocycles. The Labute approximate surface area is 112 Å². The number of carboxylic acid groups (broad SMARTS) is 1. The van der Waals surface area contributed by atoms with Crippen molar-refractivity contribution in [1.82, 2.24) is 5.32 Å². The van der Waals surface area contributed by atoms with Crippen LogP contribution in [-0.2, 0) is 0 Å². The highest BCUT2D eigenvalue weighted by atomic mass is 16.7. The number of ether oxygens (including phenoxy) is 2. The number of carbonyl (C=O) groups excluding carboxylic acids is 1. The van der Waals surface area contributed by atoms with E-state index in [4.69, 9.17) is 14.6 Å². The molecule has 0 spiro atoms. The van der Waals surface area contributed by atoms with Crippen molar-refractivity contribution in [3.63, 3.8) is 0 Å². The summed E-state index contributed by atoms with van der Waals surface area (Å²) in [7, 11) is 0. The van der Waals surface area contributed by atoms with E-state index in [9.17, 15) is 19.7 Å². The summed E-state index contributed by atoms with van der Waals surface area (Å²) in [6.45, 7) is -0.190. The average Bonchev–Trinajstić information content (AvgIpc) is 2.83. The molecular formula is C11H10N2O7. The molecule has 106 valence electrons. The molecule has 20 heavy (non-hydrogen) atoms. The predicted molar refractivity (Wildman–Crippen MR) is 64.2 cm³/mol. The molecule has 0 aromatic heterocycles. The molecule has 1 aromatic carbocycles. The predicted octanol–water partition coefficient (Wildman–Crippen LogP) is 1.16. The molecular weight excluding hydrogens is 272 g/mol. The number of hydrogen-bond donors (Lipinski definition) is 2. The lowest BCUT2D eigenvalue weighted by Gasteiger charge is -2.04. The number of nitro benzene ring substituents is 1. The van der Waals surface area contributed by atoms with Crippen LogP contribution in [0.4, 0.5) is 10.5 Å². The fourth-order valence-corrected chi connectivity index (χ4v) is 1.72. The van der Waals surface area contributed by atoms with E-state index < -0.39 is 22.5 Å². The van der Waals surface area contributed by atoms with E-state index in [-0.39, 0.29) is 36.8 Å². The third-order valence-electron chi connectivity index (χ3n) is 2.62. The Balaban J connectivity index is 2.23. The number of Topliss-reactive ketones (excluding diaryl/α,β-unsaturated/α-hetero) is 1. The van der Waals surface area contributed by atoms with E-state index in [1.807, 2.05) is 5.32 Å². The monoisotopic (exact) mass is 282 g/mol. The Hall–Kier alpha value is -2.84. The van der Waals surface area contributed by atoms with Crippen LogP contribution in [0.5, 0.6) is 11.5 Å². The van der Waals surface area contributed by atoms with E-state index in [0.29, 0.717) is 0 Å². The molecule has 0 atom stereocenters. The van der Waals surface area contributed by atoms with Crippen LogP contribution >= 0.6 is 0 Å². The molecule has 0 radical (unpaired) electrons. The van der Waals surface area contributed by atoms with E-state index in [2.05, 4.69) is 0 Å². The molecule has 1 heterocycles. The van der Waals surface area contributed by atoms with Crippen LogP contribution in [0.25, 0.3) is 0 Å². The minimum atomic E-state index is -1.27. The molecule has 1 aromatic rings. The highest BCUT2D eigenvalue weighted by Gasteiger charge is 2.26. The zero-order valence-corrected chi connectivity index (χ0v) is 10.1. The molecule has 0 unspecified atom stereocenters. The largest absolute Gasteiger partial charge is 0.465 e. The summed E-state index contributed by atoms with van der Waals surface area (Å²) in [4.78, 5) is 32.5. The fraction of sp³-hybridized carbons (Fsp3) is 0.273. The van der Waals surface area contributed by atoms with Gasteiger partial charge < -0.3 is 19.9 Å². The van der Waals surface area contributed by atoms with Gasteiger partial charge in [0.2, 0.25) is 6.79 Å². The summed E-state index contributed by atoms with van der Waals surface area (Å²) in [5, 5.41) is 21.4. The second-order valence-electron chi connectivity index (χ2n) is 3.88. The number of hydrogen-bond acceptors (Lipinski definition) is 6. The van der Waals surface area contributed by atoms with Gasteiger partial charge in [0.25, 0.3) is 5.69 Å². The normalized spacial score (nSPS) is 12.0. The smallest absolute Gasteiger partial charge is 0.404 e. The van der Waals surface area contributed by atoms with Crippen LogP contribution < -0.4 is 14.8 Å². The van der Waals surface area contributed by atoms with Gasteiger partial charge in [0.05, 0.1) is 16.6 Å². The topological polar surface area (TPSA) is 128 Å². The van der Waals surface area contributed by atoms with Gasteiger partial charge in [-0.2, -0.15) is 0 Å². The van der Waals surface area contributed by atoms with E-state index in [1.165, 1.54) is 6.07 Å². The second kappa shape index (κ2) is 5.43. The van der Waals surface area contributed by atoms with Crippen molar-refractivity contribution in [3.8, 4) is 11.5 Å². The van der Waals surface area contributed by atoms with Crippen molar-refractivity contribution in [2.45, 2.75) is 6.42 Å². The quantitative estimate of drug-likeness (QED) is 0.471. The summed E-state index contributed by atoms with van der Waals surface area (Å²) >= 11 is 0. The lowest BCUT2D eigenvalue weighted by molar-refractivity contribution is -0.385. The Bertz CT molecular complexity index is 584. The standard InChI is InChI=1S/C11H10N2O7/c14-8(1-2-12-11(15)16)6-3-9-10(20-5-19-9)4-7(6)13(17)18/h3-4,12H,1-2,5H2,(H,15,16). The molecule has 2 rings (SSSR count). The lowest BCUT2D eigenvalue weighted by atomic mass is 10.1. The van der Waals surface area contributed by atoms with Gasteiger partial charge in [0.15, 0.2) is 17.3 Å². The van der Waals surface area contributed by atoms with Crippen LogP contribution in [0.1, 0.15) is 16.8 Å². The Morgan fingerprint density at radius 2 is 2.00 bits per heavy atom. The number of carbonyl (C=O) groups is 2. The Kier molecular flexibility index (Phi) is 3.69. The molecule has 1 aliphatic heterocycles. The van der Waals surface area contributed by atoms with E-state index >= 15 is 0 Å². The number of nitrogens with zero attached hydrogens (tertiary/aromatic N) is 1. The summed E-state index contributed by atoms with van der Waals surface area (Å²) < 4.78 is 10.1. The molecule has 0 bridgehead atoms. The van der Waals surface area contributed by atoms with Crippen molar-refractivity contribution in [2.75, 3.05) is 13.3 Å². The third kappa shape index (κ3) is 2.76. The highest BCUT2D eigenvalue weighted by molar-refractivity contribution is 6.00. The van der Waals surface area contributed by atoms with Crippen molar-refractivity contribution in [3.05, 3.63) is 27.8 Å². The Morgan fingerprint density at radius 1 is 1.35 bits per heavy atom. The molecule has 2 N–H and O–H groups in total. The number of fused-ring (bicyclic) bond motifs is 1. The first-order chi connectivity index (χ1) is 9.49. The van der Waals surface area contributed by atoms with Crippen molar-refractivity contribution >= 4 is 17.6 Å². The minimum absolute atomic E-state index is 0.0648. The first kappa shape index (κ1) is 13.6. The maximum Gasteiger partial charge on any atom is 0.404 e. The van der Waals surface area contributed by atoms with Gasteiger partial charge in [-0.25, -0.2) is 4.79 Å². The average molecular weight is 282 g/mol. The van der Waals surface area contributed by atoms with Crippen molar-refractivity contribution in [1.29, 1.82) is 0 Å². The number of ketones is 1. The van der Waals surface area contributed by atoms with Crippen molar-refractivity contribution in [2.24, 2.45) is 0 Å². The van der Waals surface area contributed by atoms with Gasteiger partial charge in [0.1, 0.15) is 0 Å². The van der Waals surface area contributed by atoms with Gasteiger partial charge in [-0.05, 0) is 0 Å². The van der Waals surface area contributed by atoms with E-state index in [1.54, 1.807) is 0 Å². The zero-order valence-electron chi connectivity index (χ0n) is 10.1. The molecule has 0 saturated heterocycles. The summed E-state index contributed by atoms with van der Waals surface area (Å²) in [6.07, 6.45) is -1.45. The van der Waals surface area contributed by atoms with Gasteiger partial charge in [-0.3, -0.25) is 14.9 Å². The van der Waals surface area contributed by atoms with Crippen molar-refractivity contribution < 1.29 is 29.1 Å². The molecule has 1 amide bonds. The zero-order chi connectivity index (χ0) is 14.7. The molecule has 9 heteroatoms. The first-order valence-corrected chi connectivity index (χ1v) is 5.57. The summed E-state index contributed by atoms with van der Waals surface area (Å²) in [5.74, 6) is -0.0918. The first-order valence-electron chi connectivity index (χ1n) is 5.57. The van der Waals surface area contributed by atoms with Crippen LogP contribution in [0.15, 0.2) is 12.1 Å². The molecule has 0 aliphatic carbocycles.